The van der Waals surface area contributed by atoms with Gasteiger partial charge in [0.1, 0.15) is 0 Å². The van der Waals surface area contributed by atoms with Crippen molar-refractivity contribution in [2.24, 2.45) is 0 Å². The Kier molecular flexibility index (Phi) is 12.5. The maximum absolute atomic E-state index is 2.30. The fourth-order valence-electron chi connectivity index (χ4n) is 1.31. The third-order valence-corrected chi connectivity index (χ3v) is 4.17. The van der Waals surface area contributed by atoms with Gasteiger partial charge in [0.25, 0.3) is 0 Å². The molecule has 0 saturated heterocycles. The first-order valence-electron chi connectivity index (χ1n) is 5.60. The molecular formula is C12H24Se. The molecule has 0 bridgehead atoms. The SMILES string of the molecule is CC=CCCCCCCC[Se]CC. The molecule has 1 heteroatoms. The second kappa shape index (κ2) is 12.3. The van der Waals surface area contributed by atoms with E-state index in [1.54, 1.807) is 0 Å². The average Bonchev–Trinajstić information content (AvgIpc) is 2.16. The maximum atomic E-state index is 2.30. The standard InChI is InChI=1S/C12H24Se/c1-3-5-6-7-8-9-10-11-12-13-4-2/h3,5H,4,6-12H2,1-2H3. The zero-order chi connectivity index (χ0) is 9.78. The van der Waals surface area contributed by atoms with Crippen molar-refractivity contribution in [3.8, 4) is 0 Å². The van der Waals surface area contributed by atoms with Gasteiger partial charge in [-0.2, -0.15) is 0 Å². The molecule has 0 amide bonds. The molecule has 0 aliphatic rings. The van der Waals surface area contributed by atoms with Crippen LogP contribution in [0.1, 0.15) is 52.4 Å². The number of hydrogen-bond donors (Lipinski definition) is 0. The van der Waals surface area contributed by atoms with E-state index in [0.717, 1.165) is 15.0 Å². The van der Waals surface area contributed by atoms with Crippen LogP contribution in [0.3, 0.4) is 0 Å². The molecule has 0 atom stereocenters. The predicted octanol–water partition coefficient (Wildman–Crippen LogP) is 4.46. The Labute approximate surface area is 90.3 Å². The average molecular weight is 247 g/mol. The minimum atomic E-state index is 0.949. The van der Waals surface area contributed by atoms with Crippen molar-refractivity contribution in [1.29, 1.82) is 0 Å². The van der Waals surface area contributed by atoms with Crippen LogP contribution in [0.2, 0.25) is 10.6 Å². The van der Waals surface area contributed by atoms with Crippen LogP contribution in [-0.4, -0.2) is 15.0 Å². The van der Waals surface area contributed by atoms with Crippen LogP contribution in [0.4, 0.5) is 0 Å². The molecule has 0 nitrogen and oxygen atoms in total. The van der Waals surface area contributed by atoms with E-state index in [2.05, 4.69) is 26.0 Å². The fourth-order valence-corrected chi connectivity index (χ4v) is 2.77. The van der Waals surface area contributed by atoms with Crippen molar-refractivity contribution in [3.05, 3.63) is 12.2 Å². The van der Waals surface area contributed by atoms with Crippen LogP contribution in [0.15, 0.2) is 12.2 Å². The first-order valence-corrected chi connectivity index (χ1v) is 8.03. The Morgan fingerprint density at radius 2 is 1.69 bits per heavy atom. The number of rotatable bonds is 9. The van der Waals surface area contributed by atoms with Crippen molar-refractivity contribution in [1.82, 2.24) is 0 Å². The van der Waals surface area contributed by atoms with E-state index in [1.807, 2.05) is 0 Å². The van der Waals surface area contributed by atoms with Crippen molar-refractivity contribution >= 4 is 15.0 Å². The van der Waals surface area contributed by atoms with Gasteiger partial charge in [0.15, 0.2) is 0 Å². The molecule has 0 radical (unpaired) electrons. The topological polar surface area (TPSA) is 0 Å². The zero-order valence-corrected chi connectivity index (χ0v) is 10.9. The van der Waals surface area contributed by atoms with Gasteiger partial charge >= 0.3 is 90.1 Å². The molecule has 0 N–H and O–H groups in total. The van der Waals surface area contributed by atoms with Gasteiger partial charge in [-0.05, 0) is 0 Å². The summed E-state index contributed by atoms with van der Waals surface area (Å²) in [6.07, 6.45) is 13.0. The molecule has 0 aromatic carbocycles. The van der Waals surface area contributed by atoms with Gasteiger partial charge in [-0.1, -0.05) is 0 Å². The Balaban J connectivity index is 2.83. The van der Waals surface area contributed by atoms with Crippen molar-refractivity contribution < 1.29 is 0 Å². The second-order valence-electron chi connectivity index (χ2n) is 3.32. The molecule has 0 spiro atoms. The van der Waals surface area contributed by atoms with Gasteiger partial charge in [0.05, 0.1) is 0 Å². The Bertz CT molecular complexity index is 108. The molecule has 0 unspecified atom stereocenters. The monoisotopic (exact) mass is 248 g/mol. The minimum absolute atomic E-state index is 0.949. The third kappa shape index (κ3) is 12.3. The molecule has 0 aliphatic heterocycles. The van der Waals surface area contributed by atoms with E-state index in [4.69, 9.17) is 0 Å². The molecule has 13 heavy (non-hydrogen) atoms. The van der Waals surface area contributed by atoms with E-state index in [1.165, 1.54) is 49.2 Å². The predicted molar refractivity (Wildman–Crippen MR) is 63.6 cm³/mol. The second-order valence-corrected chi connectivity index (χ2v) is 6.25. The summed E-state index contributed by atoms with van der Waals surface area (Å²) < 4.78 is 0. The summed E-state index contributed by atoms with van der Waals surface area (Å²) in [5.74, 6) is 0. The van der Waals surface area contributed by atoms with Crippen LogP contribution in [0.5, 0.6) is 0 Å². The summed E-state index contributed by atoms with van der Waals surface area (Å²) in [4.78, 5) is 0. The number of hydrogen-bond acceptors (Lipinski definition) is 0. The van der Waals surface area contributed by atoms with Crippen LogP contribution in [0.25, 0.3) is 0 Å². The van der Waals surface area contributed by atoms with Gasteiger partial charge in [0.2, 0.25) is 0 Å². The Morgan fingerprint density at radius 3 is 2.38 bits per heavy atom. The van der Waals surface area contributed by atoms with E-state index in [-0.39, 0.29) is 0 Å². The van der Waals surface area contributed by atoms with Gasteiger partial charge < -0.3 is 0 Å². The quantitative estimate of drug-likeness (QED) is 0.320. The van der Waals surface area contributed by atoms with Gasteiger partial charge in [-0.3, -0.25) is 0 Å². The van der Waals surface area contributed by atoms with Crippen molar-refractivity contribution in [3.63, 3.8) is 0 Å². The molecule has 0 aromatic heterocycles. The van der Waals surface area contributed by atoms with E-state index in [9.17, 15) is 0 Å². The van der Waals surface area contributed by atoms with E-state index < -0.39 is 0 Å². The Hall–Kier alpha value is 0.259. The zero-order valence-electron chi connectivity index (χ0n) is 9.22. The first kappa shape index (κ1) is 13.3. The molecule has 0 saturated carbocycles. The van der Waals surface area contributed by atoms with Crippen LogP contribution < -0.4 is 0 Å². The molecule has 0 rings (SSSR count). The molecule has 0 fully saturated rings. The molecule has 0 aliphatic carbocycles. The summed E-state index contributed by atoms with van der Waals surface area (Å²) >= 11 is 0.949. The van der Waals surface area contributed by atoms with E-state index >= 15 is 0 Å². The Morgan fingerprint density at radius 1 is 1.00 bits per heavy atom. The first-order chi connectivity index (χ1) is 6.41. The summed E-state index contributed by atoms with van der Waals surface area (Å²) in [6.45, 7) is 4.41. The van der Waals surface area contributed by atoms with Gasteiger partial charge in [0, 0.05) is 0 Å². The molecule has 0 aromatic rings. The van der Waals surface area contributed by atoms with Gasteiger partial charge in [-0.15, -0.1) is 0 Å². The van der Waals surface area contributed by atoms with Gasteiger partial charge in [-0.25, -0.2) is 0 Å². The normalized spacial score (nSPS) is 11.2. The number of allylic oxidation sites excluding steroid dienone is 2. The third-order valence-electron chi connectivity index (χ3n) is 2.10. The van der Waals surface area contributed by atoms with E-state index in [0.29, 0.717) is 0 Å². The number of unbranched alkanes of at least 4 members (excludes halogenated alkanes) is 5. The summed E-state index contributed by atoms with van der Waals surface area (Å²) in [6, 6.07) is 0. The van der Waals surface area contributed by atoms with Crippen molar-refractivity contribution in [2.75, 3.05) is 0 Å². The van der Waals surface area contributed by atoms with Crippen LogP contribution in [-0.2, 0) is 0 Å². The summed E-state index contributed by atoms with van der Waals surface area (Å²) in [7, 11) is 0. The molecule has 78 valence electrons. The summed E-state index contributed by atoms with van der Waals surface area (Å²) in [5, 5.41) is 2.94. The van der Waals surface area contributed by atoms with Crippen LogP contribution in [0, 0.1) is 0 Å². The van der Waals surface area contributed by atoms with Crippen LogP contribution >= 0.6 is 0 Å². The molecule has 0 heterocycles. The molecular weight excluding hydrogens is 223 g/mol. The van der Waals surface area contributed by atoms with Crippen molar-refractivity contribution in [2.45, 2.75) is 63.0 Å². The summed E-state index contributed by atoms with van der Waals surface area (Å²) in [5.41, 5.74) is 0. The fraction of sp³-hybridized carbons (Fsp3) is 0.833.